The van der Waals surface area contributed by atoms with Gasteiger partial charge < -0.3 is 20.0 Å². The summed E-state index contributed by atoms with van der Waals surface area (Å²) in [4.78, 5) is 48.2. The number of halogens is 3. The molecule has 0 unspecified atom stereocenters. The number of piperazine rings is 1. The molecule has 1 fully saturated rings. The van der Waals surface area contributed by atoms with Crippen LogP contribution in [0.15, 0.2) is 78.5 Å². The van der Waals surface area contributed by atoms with Gasteiger partial charge in [0.15, 0.2) is 0 Å². The van der Waals surface area contributed by atoms with Gasteiger partial charge in [-0.05, 0) is 23.7 Å². The smallest absolute Gasteiger partial charge is 0.338 e. The molecule has 3 aliphatic rings. The van der Waals surface area contributed by atoms with Gasteiger partial charge in [-0.15, -0.1) is 6.58 Å². The van der Waals surface area contributed by atoms with E-state index in [0.717, 1.165) is 12.6 Å². The van der Waals surface area contributed by atoms with Crippen LogP contribution in [-0.2, 0) is 15.8 Å². The van der Waals surface area contributed by atoms with Crippen LogP contribution in [0.1, 0.15) is 35.7 Å². The van der Waals surface area contributed by atoms with E-state index >= 15 is 0 Å². The normalized spacial score (nSPS) is 20.7. The molecular formula is C30H32F3N5O3. The second-order valence-electron chi connectivity index (χ2n) is 10.2. The van der Waals surface area contributed by atoms with Crippen molar-refractivity contribution in [3.8, 4) is 0 Å². The number of carbonyl (C=O) groups excluding carboxylic acids is 3. The molecule has 0 aromatic heterocycles. The quantitative estimate of drug-likeness (QED) is 0.514. The van der Waals surface area contributed by atoms with Gasteiger partial charge in [0.05, 0.1) is 29.4 Å². The summed E-state index contributed by atoms with van der Waals surface area (Å²) in [5.74, 6) is -0.854. The van der Waals surface area contributed by atoms with Crippen LogP contribution in [0.2, 0.25) is 0 Å². The van der Waals surface area contributed by atoms with E-state index in [1.54, 1.807) is 35.2 Å². The lowest BCUT2D eigenvalue weighted by Crippen LogP contribution is -2.52. The summed E-state index contributed by atoms with van der Waals surface area (Å²) >= 11 is 0. The molecule has 1 saturated heterocycles. The van der Waals surface area contributed by atoms with Gasteiger partial charge in [-0.2, -0.15) is 13.2 Å². The predicted molar refractivity (Wildman–Crippen MR) is 146 cm³/mol. The van der Waals surface area contributed by atoms with Gasteiger partial charge in [0.25, 0.3) is 5.91 Å². The molecule has 11 heteroatoms. The number of likely N-dealkylation sites (N-methyl/N-ethyl adjacent to an activating group) is 1. The van der Waals surface area contributed by atoms with E-state index in [-0.39, 0.29) is 35.8 Å². The maximum Gasteiger partial charge on any atom is 0.416 e. The van der Waals surface area contributed by atoms with Crippen molar-refractivity contribution in [2.45, 2.75) is 25.2 Å². The molecule has 8 nitrogen and oxygen atoms in total. The highest BCUT2D eigenvalue weighted by atomic mass is 19.4. The Kier molecular flexibility index (Phi) is 7.90. The molecule has 5 rings (SSSR count). The largest absolute Gasteiger partial charge is 0.416 e. The number of hydrogen-bond acceptors (Lipinski definition) is 4. The Morgan fingerprint density at radius 1 is 1.05 bits per heavy atom. The van der Waals surface area contributed by atoms with Crippen LogP contribution in [0.4, 0.5) is 18.0 Å². The lowest BCUT2D eigenvalue weighted by Gasteiger charge is -2.38. The number of urea groups is 1. The number of hydrogen-bond donors (Lipinski definition) is 1. The maximum absolute atomic E-state index is 14.2. The minimum absolute atomic E-state index is 0.0210. The SMILES string of the molecule is C=CCN1C(=O)N[C@H](c2ccccc2C(F)(F)F)C2=C1CN([C@@H](C(=O)N1CCN(CC)CC1)c1ccccc1)C2=O. The molecule has 2 aromatic carbocycles. The van der Waals surface area contributed by atoms with Crippen molar-refractivity contribution in [1.29, 1.82) is 0 Å². The van der Waals surface area contributed by atoms with Crippen LogP contribution in [0.5, 0.6) is 0 Å². The van der Waals surface area contributed by atoms with E-state index in [1.165, 1.54) is 34.1 Å². The van der Waals surface area contributed by atoms with Gasteiger partial charge >= 0.3 is 12.2 Å². The average molecular weight is 568 g/mol. The zero-order valence-corrected chi connectivity index (χ0v) is 22.7. The van der Waals surface area contributed by atoms with Gasteiger partial charge in [0.1, 0.15) is 6.04 Å². The fourth-order valence-corrected chi connectivity index (χ4v) is 5.83. The summed E-state index contributed by atoms with van der Waals surface area (Å²) in [5.41, 5.74) is -0.291. The van der Waals surface area contributed by atoms with Gasteiger partial charge in [-0.25, -0.2) is 4.79 Å². The molecule has 2 aromatic rings. The second kappa shape index (κ2) is 11.4. The van der Waals surface area contributed by atoms with E-state index in [0.29, 0.717) is 31.7 Å². The zero-order chi connectivity index (χ0) is 29.3. The number of alkyl halides is 3. The molecule has 4 amide bonds. The Hall–Kier alpha value is -4.12. The molecule has 216 valence electrons. The standard InChI is InChI=1S/C30H32F3N5O3/c1-3-14-37-23-19-38(26(20-10-6-5-7-11-20)28(40)36-17-15-35(4-2)16-18-36)27(39)24(23)25(34-29(37)41)21-12-8-9-13-22(21)30(31,32)33/h3,5-13,25-26H,1,4,14-19H2,2H3,(H,34,41)/t25-,26-/m1/s1. The van der Waals surface area contributed by atoms with Crippen LogP contribution in [0.25, 0.3) is 0 Å². The number of nitrogens with zero attached hydrogens (tertiary/aromatic N) is 4. The summed E-state index contributed by atoms with van der Waals surface area (Å²) in [6.07, 6.45) is -3.22. The average Bonchev–Trinajstić information content (AvgIpc) is 3.31. The molecule has 0 radical (unpaired) electrons. The first-order valence-corrected chi connectivity index (χ1v) is 13.6. The highest BCUT2D eigenvalue weighted by molar-refractivity contribution is 6.04. The minimum Gasteiger partial charge on any atom is -0.338 e. The molecule has 0 spiro atoms. The monoisotopic (exact) mass is 567 g/mol. The van der Waals surface area contributed by atoms with Gasteiger partial charge in [-0.3, -0.25) is 14.5 Å². The number of amides is 4. The molecule has 1 N–H and O–H groups in total. The molecular weight excluding hydrogens is 535 g/mol. The third-order valence-electron chi connectivity index (χ3n) is 7.93. The lowest BCUT2D eigenvalue weighted by atomic mass is 9.91. The second-order valence-corrected chi connectivity index (χ2v) is 10.2. The van der Waals surface area contributed by atoms with Crippen molar-refractivity contribution in [3.05, 3.63) is 95.2 Å². The highest BCUT2D eigenvalue weighted by Crippen LogP contribution is 2.43. The van der Waals surface area contributed by atoms with Crippen molar-refractivity contribution >= 4 is 17.8 Å². The Balaban J connectivity index is 1.57. The van der Waals surface area contributed by atoms with Crippen LogP contribution in [0, 0.1) is 0 Å². The summed E-state index contributed by atoms with van der Waals surface area (Å²) in [6, 6.07) is 10.8. The number of carbonyl (C=O) groups is 3. The summed E-state index contributed by atoms with van der Waals surface area (Å²) in [5, 5.41) is 2.62. The van der Waals surface area contributed by atoms with E-state index < -0.39 is 35.8 Å². The van der Waals surface area contributed by atoms with Crippen molar-refractivity contribution in [2.75, 3.05) is 45.8 Å². The van der Waals surface area contributed by atoms with Gasteiger partial charge in [-0.1, -0.05) is 61.5 Å². The topological polar surface area (TPSA) is 76.2 Å². The summed E-state index contributed by atoms with van der Waals surface area (Å²) in [7, 11) is 0. The van der Waals surface area contributed by atoms with Gasteiger partial charge in [0.2, 0.25) is 5.91 Å². The first-order chi connectivity index (χ1) is 19.7. The molecule has 3 aliphatic heterocycles. The van der Waals surface area contributed by atoms with Gasteiger partial charge in [0, 0.05) is 32.7 Å². The fraction of sp³-hybridized carbons (Fsp3) is 0.367. The molecule has 0 bridgehead atoms. The maximum atomic E-state index is 14.2. The lowest BCUT2D eigenvalue weighted by molar-refractivity contribution is -0.144. The Morgan fingerprint density at radius 2 is 1.71 bits per heavy atom. The third kappa shape index (κ3) is 5.33. The van der Waals surface area contributed by atoms with E-state index in [1.807, 2.05) is 0 Å². The summed E-state index contributed by atoms with van der Waals surface area (Å²) in [6.45, 7) is 8.95. The van der Waals surface area contributed by atoms with Crippen molar-refractivity contribution in [2.24, 2.45) is 0 Å². The van der Waals surface area contributed by atoms with Crippen LogP contribution >= 0.6 is 0 Å². The van der Waals surface area contributed by atoms with Crippen LogP contribution in [-0.4, -0.2) is 83.3 Å². The fourth-order valence-electron chi connectivity index (χ4n) is 5.83. The molecule has 3 heterocycles. The molecule has 41 heavy (non-hydrogen) atoms. The Morgan fingerprint density at radius 3 is 2.34 bits per heavy atom. The Bertz CT molecular complexity index is 1370. The van der Waals surface area contributed by atoms with Crippen molar-refractivity contribution in [1.82, 2.24) is 24.9 Å². The van der Waals surface area contributed by atoms with Crippen LogP contribution < -0.4 is 5.32 Å². The van der Waals surface area contributed by atoms with E-state index in [9.17, 15) is 27.6 Å². The first-order valence-electron chi connectivity index (χ1n) is 13.6. The van der Waals surface area contributed by atoms with Crippen molar-refractivity contribution in [3.63, 3.8) is 0 Å². The molecule has 0 aliphatic carbocycles. The number of rotatable bonds is 7. The van der Waals surface area contributed by atoms with Crippen molar-refractivity contribution < 1.29 is 27.6 Å². The predicted octanol–water partition coefficient (Wildman–Crippen LogP) is 3.96. The van der Waals surface area contributed by atoms with E-state index in [4.69, 9.17) is 0 Å². The first kappa shape index (κ1) is 28.4. The van der Waals surface area contributed by atoms with E-state index in [2.05, 4.69) is 23.7 Å². The highest BCUT2D eigenvalue weighted by Gasteiger charge is 2.49. The minimum atomic E-state index is -4.70. The number of nitrogens with one attached hydrogen (secondary N) is 1. The Labute approximate surface area is 236 Å². The summed E-state index contributed by atoms with van der Waals surface area (Å²) < 4.78 is 42.1. The van der Waals surface area contributed by atoms with Crippen LogP contribution in [0.3, 0.4) is 0 Å². The molecule has 2 atom stereocenters. The third-order valence-corrected chi connectivity index (χ3v) is 7.93. The zero-order valence-electron chi connectivity index (χ0n) is 22.7. The molecule has 0 saturated carbocycles. The number of benzene rings is 2.